The summed E-state index contributed by atoms with van der Waals surface area (Å²) in [5.41, 5.74) is 3.56. The van der Waals surface area contributed by atoms with Gasteiger partial charge in [-0.25, -0.2) is 23.7 Å². The number of amides is 1. The minimum atomic E-state index is -0.727. The van der Waals surface area contributed by atoms with Gasteiger partial charge in [0.05, 0.1) is 29.7 Å². The summed E-state index contributed by atoms with van der Waals surface area (Å²) in [5.74, 6) is -0.704. The van der Waals surface area contributed by atoms with Gasteiger partial charge >= 0.3 is 6.09 Å². The molecule has 1 aliphatic heterocycles. The second kappa shape index (κ2) is 6.90. The van der Waals surface area contributed by atoms with Crippen molar-refractivity contribution < 1.29 is 14.0 Å². The van der Waals surface area contributed by atoms with Gasteiger partial charge in [0, 0.05) is 25.5 Å². The van der Waals surface area contributed by atoms with Gasteiger partial charge in [-0.2, -0.15) is 10.6 Å². The van der Waals surface area contributed by atoms with E-state index in [2.05, 4.69) is 25.5 Å². The van der Waals surface area contributed by atoms with Crippen LogP contribution in [0.1, 0.15) is 19.3 Å². The molecule has 3 aromatic rings. The topological polar surface area (TPSA) is 97.5 Å². The molecular weight excluding hydrogens is 341 g/mol. The number of anilines is 1. The Hall–Kier alpha value is -3.30. The number of carbonyl (C=O) groups is 1. The van der Waals surface area contributed by atoms with E-state index in [1.165, 1.54) is 0 Å². The summed E-state index contributed by atoms with van der Waals surface area (Å²) in [6.07, 6.45) is 9.88. The van der Waals surface area contributed by atoms with Crippen molar-refractivity contribution in [2.24, 2.45) is 0 Å². The van der Waals surface area contributed by atoms with E-state index in [4.69, 9.17) is 4.84 Å². The lowest BCUT2D eigenvalue weighted by Crippen LogP contribution is -2.37. The van der Waals surface area contributed by atoms with Crippen LogP contribution in [0.4, 0.5) is 15.0 Å². The molecule has 3 aromatic heterocycles. The van der Waals surface area contributed by atoms with E-state index < -0.39 is 11.9 Å². The zero-order valence-electron chi connectivity index (χ0n) is 13.8. The molecule has 0 aliphatic carbocycles. The van der Waals surface area contributed by atoms with Gasteiger partial charge in [-0.3, -0.25) is 4.98 Å². The maximum Gasteiger partial charge on any atom is 0.434 e. The van der Waals surface area contributed by atoms with E-state index in [-0.39, 0.29) is 11.6 Å². The Kier molecular flexibility index (Phi) is 4.30. The van der Waals surface area contributed by atoms with Crippen LogP contribution in [0.3, 0.4) is 0 Å². The average Bonchev–Trinajstić information content (AvgIpc) is 3.12. The first kappa shape index (κ1) is 16.2. The molecule has 0 aromatic carbocycles. The second-order valence-electron chi connectivity index (χ2n) is 5.87. The maximum atomic E-state index is 14.0. The molecule has 0 saturated carbocycles. The first-order chi connectivity index (χ1) is 12.7. The summed E-state index contributed by atoms with van der Waals surface area (Å²) in [6, 6.07) is 0. The molecule has 0 atom stereocenters. The third kappa shape index (κ3) is 3.13. The van der Waals surface area contributed by atoms with Gasteiger partial charge in [0.1, 0.15) is 0 Å². The molecule has 1 fully saturated rings. The fourth-order valence-corrected chi connectivity index (χ4v) is 2.81. The van der Waals surface area contributed by atoms with Crippen LogP contribution in [0.25, 0.3) is 16.9 Å². The summed E-state index contributed by atoms with van der Waals surface area (Å²) >= 11 is 0. The Morgan fingerprint density at radius 2 is 2.04 bits per heavy atom. The van der Waals surface area contributed by atoms with Crippen molar-refractivity contribution in [2.45, 2.75) is 19.3 Å². The van der Waals surface area contributed by atoms with Crippen LogP contribution in [0.2, 0.25) is 0 Å². The predicted molar refractivity (Wildman–Crippen MR) is 89.5 cm³/mol. The smallest absolute Gasteiger partial charge is 0.322 e. The molecule has 1 aliphatic rings. The van der Waals surface area contributed by atoms with Gasteiger partial charge in [-0.05, 0) is 19.3 Å². The van der Waals surface area contributed by atoms with Crippen molar-refractivity contribution in [3.05, 3.63) is 36.8 Å². The number of hydrogen-bond donors (Lipinski definition) is 1. The lowest BCUT2D eigenvalue weighted by atomic mass is 10.1. The molecule has 1 amide bonds. The SMILES string of the molecule is O=C(ONc1nc(-c2cnn3ccncc23)ncc1F)N1CCCCC1. The second-order valence-corrected chi connectivity index (χ2v) is 5.87. The molecule has 4 heterocycles. The number of carbonyl (C=O) groups excluding carboxylic acids is 1. The predicted octanol–water partition coefficient (Wildman–Crippen LogP) is 2.27. The number of nitrogens with one attached hydrogen (secondary N) is 1. The van der Waals surface area contributed by atoms with Gasteiger partial charge in [-0.1, -0.05) is 0 Å². The van der Waals surface area contributed by atoms with Crippen LogP contribution < -0.4 is 5.48 Å². The molecule has 0 unspecified atom stereocenters. The van der Waals surface area contributed by atoms with Crippen molar-refractivity contribution in [1.82, 2.24) is 29.5 Å². The molecule has 1 N–H and O–H groups in total. The molecule has 0 bridgehead atoms. The normalized spacial score (nSPS) is 14.4. The number of nitrogens with zero attached hydrogens (tertiary/aromatic N) is 6. The fraction of sp³-hybridized carbons (Fsp3) is 0.312. The molecule has 9 nitrogen and oxygen atoms in total. The molecular formula is C16H16FN7O2. The third-order valence-electron chi connectivity index (χ3n) is 4.16. The Morgan fingerprint density at radius 1 is 1.19 bits per heavy atom. The Labute approximate surface area is 147 Å². The Morgan fingerprint density at radius 3 is 2.88 bits per heavy atom. The van der Waals surface area contributed by atoms with Gasteiger partial charge < -0.3 is 9.74 Å². The van der Waals surface area contributed by atoms with Crippen LogP contribution >= 0.6 is 0 Å². The van der Waals surface area contributed by atoms with Gasteiger partial charge in [-0.15, -0.1) is 0 Å². The van der Waals surface area contributed by atoms with Crippen LogP contribution in [0.15, 0.2) is 31.0 Å². The largest absolute Gasteiger partial charge is 0.434 e. The van der Waals surface area contributed by atoms with E-state index in [9.17, 15) is 9.18 Å². The maximum absolute atomic E-state index is 14.0. The third-order valence-corrected chi connectivity index (χ3v) is 4.16. The zero-order valence-corrected chi connectivity index (χ0v) is 13.8. The highest BCUT2D eigenvalue weighted by Gasteiger charge is 2.19. The molecule has 0 spiro atoms. The molecule has 26 heavy (non-hydrogen) atoms. The number of hydrogen-bond acceptors (Lipinski definition) is 7. The van der Waals surface area contributed by atoms with Crippen molar-refractivity contribution >= 4 is 17.4 Å². The quantitative estimate of drug-likeness (QED) is 0.718. The number of aromatic nitrogens is 5. The molecule has 10 heteroatoms. The highest BCUT2D eigenvalue weighted by molar-refractivity contribution is 5.75. The highest BCUT2D eigenvalue weighted by atomic mass is 19.1. The van der Waals surface area contributed by atoms with Crippen LogP contribution in [0.5, 0.6) is 0 Å². The summed E-state index contributed by atoms with van der Waals surface area (Å²) < 4.78 is 15.6. The number of rotatable bonds is 3. The number of halogens is 1. The Balaban J connectivity index is 1.54. The van der Waals surface area contributed by atoms with E-state index in [0.717, 1.165) is 25.5 Å². The van der Waals surface area contributed by atoms with Crippen molar-refractivity contribution in [3.63, 3.8) is 0 Å². The number of fused-ring (bicyclic) bond motifs is 1. The summed E-state index contributed by atoms with van der Waals surface area (Å²) in [6.45, 7) is 1.26. The van der Waals surface area contributed by atoms with Crippen molar-refractivity contribution in [2.75, 3.05) is 18.6 Å². The summed E-state index contributed by atoms with van der Waals surface area (Å²) in [5, 5.41) is 4.17. The number of piperidine rings is 1. The minimum Gasteiger partial charge on any atom is -0.322 e. The number of likely N-dealkylation sites (tertiary alicyclic amines) is 1. The van der Waals surface area contributed by atoms with Gasteiger partial charge in [0.25, 0.3) is 0 Å². The van der Waals surface area contributed by atoms with Gasteiger partial charge in [0.15, 0.2) is 17.5 Å². The Bertz CT molecular complexity index is 939. The summed E-state index contributed by atoms with van der Waals surface area (Å²) in [7, 11) is 0. The highest BCUT2D eigenvalue weighted by Crippen LogP contribution is 2.22. The zero-order chi connectivity index (χ0) is 17.9. The molecule has 0 radical (unpaired) electrons. The average molecular weight is 357 g/mol. The van der Waals surface area contributed by atoms with Crippen molar-refractivity contribution in [1.29, 1.82) is 0 Å². The lowest BCUT2D eigenvalue weighted by Gasteiger charge is -2.25. The van der Waals surface area contributed by atoms with Crippen LogP contribution in [-0.2, 0) is 4.84 Å². The standard InChI is InChI=1S/C16H16FN7O2/c17-12-9-19-14(11-8-20-24-7-4-18-10-13(11)24)21-15(12)22-26-16(25)23-5-2-1-3-6-23/h4,7-10H,1-3,5-6H2,(H,19,21,22). The van der Waals surface area contributed by atoms with Crippen LogP contribution in [-0.4, -0.2) is 48.6 Å². The van der Waals surface area contributed by atoms with Crippen molar-refractivity contribution in [3.8, 4) is 11.4 Å². The van der Waals surface area contributed by atoms with E-state index in [0.29, 0.717) is 24.2 Å². The first-order valence-corrected chi connectivity index (χ1v) is 8.24. The molecule has 1 saturated heterocycles. The van der Waals surface area contributed by atoms with E-state index >= 15 is 0 Å². The van der Waals surface area contributed by atoms with Gasteiger partial charge in [0.2, 0.25) is 0 Å². The lowest BCUT2D eigenvalue weighted by molar-refractivity contribution is 0.113. The van der Waals surface area contributed by atoms with Crippen LogP contribution in [0, 0.1) is 5.82 Å². The molecule has 134 valence electrons. The van der Waals surface area contributed by atoms with E-state index in [1.807, 2.05) is 0 Å². The monoisotopic (exact) mass is 357 g/mol. The fourth-order valence-electron chi connectivity index (χ4n) is 2.81. The van der Waals surface area contributed by atoms with E-state index in [1.54, 1.807) is 34.2 Å². The molecule has 4 rings (SSSR count). The first-order valence-electron chi connectivity index (χ1n) is 8.24. The summed E-state index contributed by atoms with van der Waals surface area (Å²) in [4.78, 5) is 30.7. The minimum absolute atomic E-state index is 0.219.